The van der Waals surface area contributed by atoms with E-state index in [4.69, 9.17) is 0 Å². The molecule has 3 aliphatic rings. The van der Waals surface area contributed by atoms with Crippen molar-refractivity contribution in [2.75, 3.05) is 20.1 Å². The van der Waals surface area contributed by atoms with Crippen LogP contribution < -0.4 is 5.32 Å². The number of carbonyl (C=O) groups excluding carboxylic acids is 3. The van der Waals surface area contributed by atoms with Crippen LogP contribution in [0.15, 0.2) is 0 Å². The van der Waals surface area contributed by atoms with Crippen molar-refractivity contribution >= 4 is 17.8 Å². The fraction of sp³-hybridized carbons (Fsp3) is 0.833. The maximum absolute atomic E-state index is 12.5. The molecule has 0 unspecified atom stereocenters. The van der Waals surface area contributed by atoms with Gasteiger partial charge in [0.1, 0.15) is 5.54 Å². The van der Waals surface area contributed by atoms with Crippen LogP contribution in [0.4, 0.5) is 4.79 Å². The summed E-state index contributed by atoms with van der Waals surface area (Å²) < 4.78 is 0. The van der Waals surface area contributed by atoms with Crippen LogP contribution in [0.3, 0.4) is 0 Å². The molecule has 24 heavy (non-hydrogen) atoms. The number of rotatable bonds is 6. The van der Waals surface area contributed by atoms with Gasteiger partial charge in [0, 0.05) is 26.6 Å². The van der Waals surface area contributed by atoms with Gasteiger partial charge >= 0.3 is 6.03 Å². The zero-order valence-electron chi connectivity index (χ0n) is 14.7. The SMILES string of the molecule is CN(CC1CCCC1)C(=O)CCCN1C(=O)NC2(CCCC2)C1=O. The van der Waals surface area contributed by atoms with Gasteiger partial charge in [0.15, 0.2) is 0 Å². The number of imide groups is 1. The van der Waals surface area contributed by atoms with Gasteiger partial charge in [-0.1, -0.05) is 25.7 Å². The Hall–Kier alpha value is -1.59. The molecule has 6 nitrogen and oxygen atoms in total. The van der Waals surface area contributed by atoms with Gasteiger partial charge in [0.2, 0.25) is 5.91 Å². The first-order valence-electron chi connectivity index (χ1n) is 9.40. The van der Waals surface area contributed by atoms with Crippen molar-refractivity contribution in [3.8, 4) is 0 Å². The van der Waals surface area contributed by atoms with E-state index < -0.39 is 5.54 Å². The Balaban J connectivity index is 1.43. The molecule has 1 aliphatic heterocycles. The second-order valence-corrected chi connectivity index (χ2v) is 7.70. The molecule has 1 heterocycles. The highest BCUT2D eigenvalue weighted by Crippen LogP contribution is 2.35. The molecule has 3 rings (SSSR count). The van der Waals surface area contributed by atoms with Crippen LogP contribution in [-0.2, 0) is 9.59 Å². The summed E-state index contributed by atoms with van der Waals surface area (Å²) in [5.74, 6) is 0.674. The molecule has 0 radical (unpaired) electrons. The van der Waals surface area contributed by atoms with Gasteiger partial charge < -0.3 is 10.2 Å². The Labute approximate surface area is 143 Å². The van der Waals surface area contributed by atoms with Gasteiger partial charge in [-0.2, -0.15) is 0 Å². The zero-order valence-corrected chi connectivity index (χ0v) is 14.7. The predicted molar refractivity (Wildman–Crippen MR) is 90.3 cm³/mol. The lowest BCUT2D eigenvalue weighted by atomic mass is 9.98. The molecule has 6 heteroatoms. The summed E-state index contributed by atoms with van der Waals surface area (Å²) in [4.78, 5) is 40.0. The molecule has 1 N–H and O–H groups in total. The van der Waals surface area contributed by atoms with Gasteiger partial charge in [0.05, 0.1) is 0 Å². The summed E-state index contributed by atoms with van der Waals surface area (Å²) in [5, 5.41) is 2.88. The largest absolute Gasteiger partial charge is 0.345 e. The normalized spacial score (nSPS) is 23.3. The fourth-order valence-corrected chi connectivity index (χ4v) is 4.46. The molecule has 1 saturated heterocycles. The third kappa shape index (κ3) is 3.42. The fourth-order valence-electron chi connectivity index (χ4n) is 4.46. The van der Waals surface area contributed by atoms with Crippen LogP contribution in [0.25, 0.3) is 0 Å². The summed E-state index contributed by atoms with van der Waals surface area (Å²) in [6, 6.07) is -0.284. The lowest BCUT2D eigenvalue weighted by molar-refractivity contribution is -0.133. The number of nitrogens with one attached hydrogen (secondary N) is 1. The second kappa shape index (κ2) is 7.11. The van der Waals surface area contributed by atoms with Crippen LogP contribution in [-0.4, -0.2) is 53.3 Å². The highest BCUT2D eigenvalue weighted by Gasteiger charge is 2.52. The molecule has 2 saturated carbocycles. The van der Waals surface area contributed by atoms with Gasteiger partial charge in [-0.3, -0.25) is 14.5 Å². The average molecular weight is 335 g/mol. The minimum Gasteiger partial charge on any atom is -0.345 e. The highest BCUT2D eigenvalue weighted by atomic mass is 16.2. The molecular weight excluding hydrogens is 306 g/mol. The third-order valence-corrected chi connectivity index (χ3v) is 5.91. The first kappa shape index (κ1) is 17.2. The van der Waals surface area contributed by atoms with E-state index >= 15 is 0 Å². The molecule has 0 bridgehead atoms. The standard InChI is InChI=1S/C18H29N3O3/c1-20(13-14-7-2-3-8-14)15(22)9-6-12-21-16(23)18(19-17(21)24)10-4-5-11-18/h14H,2-13H2,1H3,(H,19,24). The van der Waals surface area contributed by atoms with Gasteiger partial charge in [-0.25, -0.2) is 4.79 Å². The Morgan fingerprint density at radius 3 is 2.54 bits per heavy atom. The summed E-state index contributed by atoms with van der Waals surface area (Å²) in [7, 11) is 1.86. The predicted octanol–water partition coefficient (Wildman–Crippen LogP) is 2.28. The van der Waals surface area contributed by atoms with Crippen molar-refractivity contribution in [3.63, 3.8) is 0 Å². The van der Waals surface area contributed by atoms with Crippen molar-refractivity contribution in [2.45, 2.75) is 69.7 Å². The van der Waals surface area contributed by atoms with Crippen molar-refractivity contribution in [3.05, 3.63) is 0 Å². The van der Waals surface area contributed by atoms with E-state index in [9.17, 15) is 14.4 Å². The maximum Gasteiger partial charge on any atom is 0.325 e. The molecule has 0 aromatic rings. The van der Waals surface area contributed by atoms with Gasteiger partial charge in [-0.05, 0) is 38.0 Å². The monoisotopic (exact) mass is 335 g/mol. The summed E-state index contributed by atoms with van der Waals surface area (Å²) in [6.07, 6.45) is 9.42. The van der Waals surface area contributed by atoms with E-state index in [0.717, 1.165) is 32.2 Å². The number of amides is 4. The molecule has 0 aromatic heterocycles. The molecule has 4 amide bonds. The third-order valence-electron chi connectivity index (χ3n) is 5.91. The van der Waals surface area contributed by atoms with Crippen LogP contribution in [0.1, 0.15) is 64.2 Å². The first-order valence-corrected chi connectivity index (χ1v) is 9.40. The minimum atomic E-state index is -0.639. The van der Waals surface area contributed by atoms with E-state index in [1.807, 2.05) is 11.9 Å². The average Bonchev–Trinajstić information content (AvgIpc) is 3.26. The topological polar surface area (TPSA) is 69.7 Å². The maximum atomic E-state index is 12.5. The Morgan fingerprint density at radius 1 is 1.21 bits per heavy atom. The van der Waals surface area contributed by atoms with Gasteiger partial charge in [0.25, 0.3) is 5.91 Å². The van der Waals surface area contributed by atoms with Crippen molar-refractivity contribution in [2.24, 2.45) is 5.92 Å². The van der Waals surface area contributed by atoms with E-state index in [0.29, 0.717) is 25.3 Å². The summed E-state index contributed by atoms with van der Waals surface area (Å²) in [5.41, 5.74) is -0.639. The lowest BCUT2D eigenvalue weighted by Crippen LogP contribution is -2.44. The quantitative estimate of drug-likeness (QED) is 0.757. The summed E-state index contributed by atoms with van der Waals surface area (Å²) in [6.45, 7) is 1.18. The molecule has 1 spiro atoms. The molecule has 2 aliphatic carbocycles. The minimum absolute atomic E-state index is 0.0863. The Kier molecular flexibility index (Phi) is 5.11. The van der Waals surface area contributed by atoms with Crippen LogP contribution in [0.2, 0.25) is 0 Å². The molecule has 3 fully saturated rings. The number of carbonyl (C=O) groups is 3. The van der Waals surface area contributed by atoms with Crippen molar-refractivity contribution in [1.29, 1.82) is 0 Å². The molecule has 0 aromatic carbocycles. The van der Waals surface area contributed by atoms with Crippen LogP contribution in [0.5, 0.6) is 0 Å². The number of urea groups is 1. The lowest BCUT2D eigenvalue weighted by Gasteiger charge is -2.22. The van der Waals surface area contributed by atoms with E-state index in [2.05, 4.69) is 5.32 Å². The van der Waals surface area contributed by atoms with Crippen LogP contribution >= 0.6 is 0 Å². The van der Waals surface area contributed by atoms with Gasteiger partial charge in [-0.15, -0.1) is 0 Å². The summed E-state index contributed by atoms with van der Waals surface area (Å²) >= 11 is 0. The molecule has 134 valence electrons. The second-order valence-electron chi connectivity index (χ2n) is 7.70. The van der Waals surface area contributed by atoms with E-state index in [1.54, 1.807) is 0 Å². The molecular formula is C18H29N3O3. The van der Waals surface area contributed by atoms with Crippen molar-refractivity contribution in [1.82, 2.24) is 15.1 Å². The number of hydrogen-bond donors (Lipinski definition) is 1. The number of hydrogen-bond acceptors (Lipinski definition) is 3. The zero-order chi connectivity index (χ0) is 17.2. The Bertz CT molecular complexity index is 508. The van der Waals surface area contributed by atoms with Crippen LogP contribution in [0, 0.1) is 5.92 Å². The van der Waals surface area contributed by atoms with E-state index in [1.165, 1.54) is 30.6 Å². The highest BCUT2D eigenvalue weighted by molar-refractivity contribution is 6.07. The Morgan fingerprint density at radius 2 is 1.88 bits per heavy atom. The molecule has 0 atom stereocenters. The first-order chi connectivity index (χ1) is 11.5. The van der Waals surface area contributed by atoms with E-state index in [-0.39, 0.29) is 17.8 Å². The van der Waals surface area contributed by atoms with Crippen molar-refractivity contribution < 1.29 is 14.4 Å². The number of nitrogens with zero attached hydrogens (tertiary/aromatic N) is 2. The smallest absolute Gasteiger partial charge is 0.325 e.